The van der Waals surface area contributed by atoms with Crippen LogP contribution >= 0.6 is 15.9 Å². The highest BCUT2D eigenvalue weighted by molar-refractivity contribution is 9.10. The highest BCUT2D eigenvalue weighted by Gasteiger charge is 2.23. The van der Waals surface area contributed by atoms with Gasteiger partial charge in [0.1, 0.15) is 5.78 Å². The molecule has 0 fully saturated rings. The number of nitro benzene ring substituents is 1. The maximum Gasteiger partial charge on any atom is 0.274 e. The summed E-state index contributed by atoms with van der Waals surface area (Å²) in [6.07, 6.45) is 0.383. The Morgan fingerprint density at radius 2 is 2.19 bits per heavy atom. The number of rotatable bonds is 4. The van der Waals surface area contributed by atoms with Gasteiger partial charge in [-0.3, -0.25) is 14.9 Å². The molecule has 0 aliphatic rings. The third-order valence-corrected chi connectivity index (χ3v) is 2.98. The van der Waals surface area contributed by atoms with Crippen molar-refractivity contribution >= 4 is 27.4 Å². The van der Waals surface area contributed by atoms with Gasteiger partial charge in [0.05, 0.1) is 4.92 Å². The number of nitro groups is 1. The fraction of sp³-hybridized carbons (Fsp3) is 0.364. The van der Waals surface area contributed by atoms with Gasteiger partial charge >= 0.3 is 0 Å². The summed E-state index contributed by atoms with van der Waals surface area (Å²) < 4.78 is 0.638. The molecule has 1 rings (SSSR count). The summed E-state index contributed by atoms with van der Waals surface area (Å²) in [6, 6.07) is 4.76. The van der Waals surface area contributed by atoms with Crippen LogP contribution in [0, 0.1) is 10.1 Å². The van der Waals surface area contributed by atoms with Crippen molar-refractivity contribution in [3.05, 3.63) is 38.3 Å². The van der Waals surface area contributed by atoms with Gasteiger partial charge in [0.2, 0.25) is 0 Å². The van der Waals surface area contributed by atoms with Crippen LogP contribution < -0.4 is 0 Å². The third kappa shape index (κ3) is 2.66. The second-order valence-corrected chi connectivity index (χ2v) is 4.42. The first-order chi connectivity index (χ1) is 7.47. The maximum absolute atomic E-state index is 11.5. The summed E-state index contributed by atoms with van der Waals surface area (Å²) in [5.41, 5.74) is 0.462. The van der Waals surface area contributed by atoms with E-state index in [0.29, 0.717) is 16.5 Å². The monoisotopic (exact) mass is 285 g/mol. The van der Waals surface area contributed by atoms with E-state index in [0.717, 1.165) is 0 Å². The van der Waals surface area contributed by atoms with Crippen molar-refractivity contribution in [1.29, 1.82) is 0 Å². The lowest BCUT2D eigenvalue weighted by molar-refractivity contribution is -0.385. The lowest BCUT2D eigenvalue weighted by Gasteiger charge is -2.10. The van der Waals surface area contributed by atoms with Crippen molar-refractivity contribution in [3.8, 4) is 0 Å². The molecule has 16 heavy (non-hydrogen) atoms. The minimum Gasteiger partial charge on any atom is -0.299 e. The standard InChI is InChI=1S/C11H12BrNO3/c1-3-11(14)7(2)9-5-4-8(12)6-10(9)13(15)16/h4-7H,3H2,1-2H3. The van der Waals surface area contributed by atoms with E-state index in [-0.39, 0.29) is 11.5 Å². The number of carbonyl (C=O) groups is 1. The predicted molar refractivity (Wildman–Crippen MR) is 64.5 cm³/mol. The number of hydrogen-bond donors (Lipinski definition) is 0. The Labute approximate surface area is 102 Å². The molecule has 1 atom stereocenters. The summed E-state index contributed by atoms with van der Waals surface area (Å²) in [5.74, 6) is -0.427. The highest BCUT2D eigenvalue weighted by atomic mass is 79.9. The van der Waals surface area contributed by atoms with Gasteiger partial charge in [-0.05, 0) is 6.07 Å². The second-order valence-electron chi connectivity index (χ2n) is 3.50. The van der Waals surface area contributed by atoms with Crippen LogP contribution in [0.3, 0.4) is 0 Å². The zero-order valence-corrected chi connectivity index (χ0v) is 10.7. The molecule has 5 heteroatoms. The van der Waals surface area contributed by atoms with Crippen LogP contribution in [0.2, 0.25) is 0 Å². The Bertz CT molecular complexity index is 431. The molecule has 0 aliphatic heterocycles. The molecule has 1 aromatic rings. The lowest BCUT2D eigenvalue weighted by atomic mass is 9.94. The maximum atomic E-state index is 11.5. The van der Waals surface area contributed by atoms with E-state index in [4.69, 9.17) is 0 Å². The van der Waals surface area contributed by atoms with Gasteiger partial charge in [-0.15, -0.1) is 0 Å². The molecule has 86 valence electrons. The Balaban J connectivity index is 3.22. The minimum atomic E-state index is -0.459. The van der Waals surface area contributed by atoms with Crippen LogP contribution in [0.1, 0.15) is 31.7 Å². The van der Waals surface area contributed by atoms with Gasteiger partial charge in [0.15, 0.2) is 0 Å². The van der Waals surface area contributed by atoms with Crippen molar-refractivity contribution < 1.29 is 9.72 Å². The average Bonchev–Trinajstić information content (AvgIpc) is 2.26. The van der Waals surface area contributed by atoms with Crippen LogP contribution in [0.5, 0.6) is 0 Å². The Kier molecular flexibility index (Phi) is 4.18. The SMILES string of the molecule is CCC(=O)C(C)c1ccc(Br)cc1[N+](=O)[O-]. The van der Waals surface area contributed by atoms with Gasteiger partial charge in [-0.1, -0.05) is 35.8 Å². The van der Waals surface area contributed by atoms with E-state index in [1.165, 1.54) is 6.07 Å². The zero-order valence-electron chi connectivity index (χ0n) is 9.07. The van der Waals surface area contributed by atoms with Gasteiger partial charge in [0.25, 0.3) is 5.69 Å². The highest BCUT2D eigenvalue weighted by Crippen LogP contribution is 2.30. The first kappa shape index (κ1) is 12.8. The molecule has 0 radical (unpaired) electrons. The van der Waals surface area contributed by atoms with E-state index >= 15 is 0 Å². The van der Waals surface area contributed by atoms with Crippen molar-refractivity contribution in [1.82, 2.24) is 0 Å². The van der Waals surface area contributed by atoms with Crippen LogP contribution in [0.25, 0.3) is 0 Å². The molecule has 0 N–H and O–H groups in total. The first-order valence-electron chi connectivity index (χ1n) is 4.94. The molecule has 0 heterocycles. The van der Waals surface area contributed by atoms with Gasteiger partial charge < -0.3 is 0 Å². The third-order valence-electron chi connectivity index (χ3n) is 2.49. The summed E-state index contributed by atoms with van der Waals surface area (Å²) in [4.78, 5) is 21.9. The Hall–Kier alpha value is -1.23. The van der Waals surface area contributed by atoms with Gasteiger partial charge in [-0.25, -0.2) is 0 Å². The number of ketones is 1. The van der Waals surface area contributed by atoms with Crippen molar-refractivity contribution in [3.63, 3.8) is 0 Å². The van der Waals surface area contributed by atoms with Crippen molar-refractivity contribution in [2.75, 3.05) is 0 Å². The van der Waals surface area contributed by atoms with Crippen LogP contribution in [-0.2, 0) is 4.79 Å². The Morgan fingerprint density at radius 1 is 1.56 bits per heavy atom. The second kappa shape index (κ2) is 5.21. The molecular weight excluding hydrogens is 274 g/mol. The largest absolute Gasteiger partial charge is 0.299 e. The van der Waals surface area contributed by atoms with Crippen LogP contribution in [-0.4, -0.2) is 10.7 Å². The van der Waals surface area contributed by atoms with E-state index < -0.39 is 10.8 Å². The zero-order chi connectivity index (χ0) is 12.3. The molecule has 0 saturated heterocycles. The predicted octanol–water partition coefficient (Wildman–Crippen LogP) is 3.44. The molecule has 0 amide bonds. The molecule has 0 bridgehead atoms. The van der Waals surface area contributed by atoms with E-state index in [2.05, 4.69) is 15.9 Å². The topological polar surface area (TPSA) is 60.2 Å². The number of nitrogens with zero attached hydrogens (tertiary/aromatic N) is 1. The molecule has 4 nitrogen and oxygen atoms in total. The molecule has 0 aliphatic carbocycles. The summed E-state index contributed by atoms with van der Waals surface area (Å²) in [5, 5.41) is 10.9. The molecule has 0 saturated carbocycles. The van der Waals surface area contributed by atoms with Crippen LogP contribution in [0.15, 0.2) is 22.7 Å². The van der Waals surface area contributed by atoms with E-state index in [9.17, 15) is 14.9 Å². The molecule has 0 spiro atoms. The van der Waals surface area contributed by atoms with Gasteiger partial charge in [0, 0.05) is 28.4 Å². The fourth-order valence-corrected chi connectivity index (χ4v) is 1.87. The van der Waals surface area contributed by atoms with Crippen LogP contribution in [0.4, 0.5) is 5.69 Å². The average molecular weight is 286 g/mol. The molecular formula is C11H12BrNO3. The van der Waals surface area contributed by atoms with Gasteiger partial charge in [-0.2, -0.15) is 0 Å². The number of carbonyl (C=O) groups excluding carboxylic acids is 1. The summed E-state index contributed by atoms with van der Waals surface area (Å²) in [7, 11) is 0. The normalized spacial score (nSPS) is 12.2. The minimum absolute atomic E-state index is 0.00502. The smallest absolute Gasteiger partial charge is 0.274 e. The number of halogens is 1. The number of benzene rings is 1. The summed E-state index contributed by atoms with van der Waals surface area (Å²) in [6.45, 7) is 3.45. The number of hydrogen-bond acceptors (Lipinski definition) is 3. The lowest BCUT2D eigenvalue weighted by Crippen LogP contribution is -2.09. The molecule has 0 aromatic heterocycles. The van der Waals surface area contributed by atoms with E-state index in [1.54, 1.807) is 26.0 Å². The molecule has 1 unspecified atom stereocenters. The van der Waals surface area contributed by atoms with Crippen molar-refractivity contribution in [2.45, 2.75) is 26.2 Å². The Morgan fingerprint density at radius 3 is 2.69 bits per heavy atom. The summed E-state index contributed by atoms with van der Waals surface area (Å²) >= 11 is 3.18. The number of Topliss-reactive ketones (excluding diaryl/α,β-unsaturated/α-hetero) is 1. The quantitative estimate of drug-likeness (QED) is 0.629. The first-order valence-corrected chi connectivity index (χ1v) is 5.73. The van der Waals surface area contributed by atoms with Crippen molar-refractivity contribution in [2.24, 2.45) is 0 Å². The fourth-order valence-electron chi connectivity index (χ4n) is 1.52. The van der Waals surface area contributed by atoms with E-state index in [1.807, 2.05) is 0 Å². The molecule has 1 aromatic carbocycles.